The number of hydrogen-bond acceptors (Lipinski definition) is 4. The van der Waals surface area contributed by atoms with E-state index in [9.17, 15) is 9.46 Å². The molecule has 0 aliphatic carbocycles. The first kappa shape index (κ1) is 15.2. The number of rotatable bonds is 9. The summed E-state index contributed by atoms with van der Waals surface area (Å²) < 4.78 is 26.5. The molecule has 0 aliphatic rings. The zero-order valence-corrected chi connectivity index (χ0v) is 11.3. The molecule has 0 aromatic heterocycles. The lowest BCUT2D eigenvalue weighted by Gasteiger charge is -2.11. The minimum Gasteiger partial charge on any atom is -0.494 e. The molecular weight excluding hydrogens is 255 g/mol. The molecule has 0 radical (unpaired) electrons. The minimum absolute atomic E-state index is 0.0169. The van der Waals surface area contributed by atoms with Crippen molar-refractivity contribution in [3.63, 3.8) is 0 Å². The molecule has 0 spiro atoms. The first-order chi connectivity index (χ1) is 8.64. The van der Waals surface area contributed by atoms with Crippen molar-refractivity contribution in [2.24, 2.45) is 0 Å². The van der Waals surface area contributed by atoms with Crippen LogP contribution in [0.2, 0.25) is 0 Å². The normalized spacial score (nSPS) is 14.1. The lowest BCUT2D eigenvalue weighted by molar-refractivity contribution is 0.194. The number of benzene rings is 1. The van der Waals surface area contributed by atoms with Crippen molar-refractivity contribution < 1.29 is 23.5 Å². The first-order valence-electron chi connectivity index (χ1n) is 5.77. The van der Waals surface area contributed by atoms with Gasteiger partial charge in [-0.15, -0.1) is 0 Å². The number of ether oxygens (including phenoxy) is 2. The molecule has 1 aromatic rings. The summed E-state index contributed by atoms with van der Waals surface area (Å²) in [6.45, 7) is 0.868. The molecule has 0 amide bonds. The van der Waals surface area contributed by atoms with E-state index < -0.39 is 7.60 Å². The highest BCUT2D eigenvalue weighted by molar-refractivity contribution is 7.52. The van der Waals surface area contributed by atoms with Gasteiger partial charge in [0.25, 0.3) is 0 Å². The molecule has 1 rings (SSSR count). The van der Waals surface area contributed by atoms with Crippen molar-refractivity contribution in [3.8, 4) is 5.75 Å². The Kier molecular flexibility index (Phi) is 6.98. The summed E-state index contributed by atoms with van der Waals surface area (Å²) >= 11 is 0. The minimum atomic E-state index is -3.50. The summed E-state index contributed by atoms with van der Waals surface area (Å²) in [5.41, 5.74) is 0. The molecule has 0 saturated carbocycles. The molecule has 0 heterocycles. The fourth-order valence-electron chi connectivity index (χ4n) is 1.24. The highest BCUT2D eigenvalue weighted by Gasteiger charge is 2.18. The van der Waals surface area contributed by atoms with Crippen molar-refractivity contribution in [1.82, 2.24) is 0 Å². The van der Waals surface area contributed by atoms with Gasteiger partial charge >= 0.3 is 7.60 Å². The van der Waals surface area contributed by atoms with Crippen molar-refractivity contribution in [3.05, 3.63) is 30.3 Å². The van der Waals surface area contributed by atoms with Crippen molar-refractivity contribution in [2.45, 2.75) is 6.42 Å². The van der Waals surface area contributed by atoms with Crippen LogP contribution in [-0.4, -0.2) is 38.0 Å². The quantitative estimate of drug-likeness (QED) is 0.553. The predicted octanol–water partition coefficient (Wildman–Crippen LogP) is 2.30. The topological polar surface area (TPSA) is 65.0 Å². The standard InChI is InChI=1S/C12H19O5P/c1-15-10-11-18(13,14)17-9-5-8-16-12-6-3-2-4-7-12/h2-4,6-7H,5,8-11H2,1H3,(H,13,14). The lowest BCUT2D eigenvalue weighted by Crippen LogP contribution is -2.05. The summed E-state index contributed by atoms with van der Waals surface area (Å²) in [4.78, 5) is 9.37. The molecular formula is C12H19O5P. The second kappa shape index (κ2) is 8.27. The SMILES string of the molecule is COCCP(=O)(O)OCCCOc1ccccc1. The highest BCUT2D eigenvalue weighted by Crippen LogP contribution is 2.41. The Morgan fingerprint density at radius 3 is 2.56 bits per heavy atom. The van der Waals surface area contributed by atoms with Crippen molar-refractivity contribution >= 4 is 7.60 Å². The van der Waals surface area contributed by atoms with Gasteiger partial charge in [0.1, 0.15) is 5.75 Å². The zero-order valence-electron chi connectivity index (χ0n) is 10.4. The Morgan fingerprint density at radius 1 is 1.17 bits per heavy atom. The second-order valence-electron chi connectivity index (χ2n) is 3.70. The molecule has 1 unspecified atom stereocenters. The molecule has 0 saturated heterocycles. The Balaban J connectivity index is 2.10. The average Bonchev–Trinajstić information content (AvgIpc) is 2.37. The van der Waals surface area contributed by atoms with Crippen LogP contribution in [0, 0.1) is 0 Å². The fraction of sp³-hybridized carbons (Fsp3) is 0.500. The third-order valence-electron chi connectivity index (χ3n) is 2.17. The molecule has 0 bridgehead atoms. The van der Waals surface area contributed by atoms with Crippen LogP contribution in [0.4, 0.5) is 0 Å². The first-order valence-corrected chi connectivity index (χ1v) is 7.53. The van der Waals surface area contributed by atoms with Crippen LogP contribution in [0.25, 0.3) is 0 Å². The van der Waals surface area contributed by atoms with E-state index in [0.29, 0.717) is 13.0 Å². The van der Waals surface area contributed by atoms with Crippen LogP contribution in [0.15, 0.2) is 30.3 Å². The summed E-state index contributed by atoms with van der Waals surface area (Å²) in [5.74, 6) is 0.782. The molecule has 1 atom stereocenters. The monoisotopic (exact) mass is 274 g/mol. The summed E-state index contributed by atoms with van der Waals surface area (Å²) in [6.07, 6.45) is 0.579. The second-order valence-corrected chi connectivity index (χ2v) is 5.68. The average molecular weight is 274 g/mol. The van der Waals surface area contributed by atoms with Gasteiger partial charge < -0.3 is 18.9 Å². The predicted molar refractivity (Wildman–Crippen MR) is 69.1 cm³/mol. The van der Waals surface area contributed by atoms with Gasteiger partial charge in [0.05, 0.1) is 26.0 Å². The molecule has 5 nitrogen and oxygen atoms in total. The van der Waals surface area contributed by atoms with Gasteiger partial charge in [0.2, 0.25) is 0 Å². The third-order valence-corrected chi connectivity index (χ3v) is 3.51. The van der Waals surface area contributed by atoms with E-state index in [1.807, 2.05) is 30.3 Å². The lowest BCUT2D eigenvalue weighted by atomic mass is 10.3. The van der Waals surface area contributed by atoms with E-state index in [2.05, 4.69) is 0 Å². The van der Waals surface area contributed by atoms with E-state index in [4.69, 9.17) is 14.0 Å². The maximum Gasteiger partial charge on any atom is 0.330 e. The number of para-hydroxylation sites is 1. The highest BCUT2D eigenvalue weighted by atomic mass is 31.2. The van der Waals surface area contributed by atoms with E-state index in [0.717, 1.165) is 5.75 Å². The summed E-state index contributed by atoms with van der Waals surface area (Å²) in [7, 11) is -2.02. The van der Waals surface area contributed by atoms with Crippen LogP contribution >= 0.6 is 7.60 Å². The molecule has 0 fully saturated rings. The Bertz CT molecular complexity index is 368. The molecule has 18 heavy (non-hydrogen) atoms. The molecule has 102 valence electrons. The maximum atomic E-state index is 11.4. The van der Waals surface area contributed by atoms with Gasteiger partial charge in [0.15, 0.2) is 0 Å². The van der Waals surface area contributed by atoms with E-state index >= 15 is 0 Å². The van der Waals surface area contributed by atoms with Crippen LogP contribution in [0.3, 0.4) is 0 Å². The van der Waals surface area contributed by atoms with Crippen LogP contribution in [0.1, 0.15) is 6.42 Å². The summed E-state index contributed by atoms with van der Waals surface area (Å²) in [5, 5.41) is 0. The molecule has 1 aromatic carbocycles. The zero-order chi connectivity index (χ0) is 13.3. The van der Waals surface area contributed by atoms with E-state index in [1.54, 1.807) is 0 Å². The van der Waals surface area contributed by atoms with Crippen molar-refractivity contribution in [2.75, 3.05) is 33.1 Å². The number of methoxy groups -OCH3 is 1. The molecule has 1 N–H and O–H groups in total. The van der Waals surface area contributed by atoms with Crippen molar-refractivity contribution in [1.29, 1.82) is 0 Å². The largest absolute Gasteiger partial charge is 0.494 e. The fourth-order valence-corrected chi connectivity index (χ4v) is 2.20. The Morgan fingerprint density at radius 2 is 1.89 bits per heavy atom. The molecule has 6 heteroatoms. The Hall–Kier alpha value is -0.870. The molecule has 0 aliphatic heterocycles. The third kappa shape index (κ3) is 6.77. The van der Waals surface area contributed by atoms with Crippen LogP contribution in [-0.2, 0) is 13.8 Å². The number of hydrogen-bond donors (Lipinski definition) is 1. The van der Waals surface area contributed by atoms with Crippen LogP contribution in [0.5, 0.6) is 5.75 Å². The van der Waals surface area contributed by atoms with E-state index in [1.165, 1.54) is 7.11 Å². The van der Waals surface area contributed by atoms with Crippen LogP contribution < -0.4 is 4.74 Å². The Labute approximate surface area is 107 Å². The summed E-state index contributed by atoms with van der Waals surface area (Å²) in [6, 6.07) is 9.40. The van der Waals surface area contributed by atoms with Gasteiger partial charge in [-0.2, -0.15) is 0 Å². The van der Waals surface area contributed by atoms with E-state index in [-0.39, 0.29) is 19.4 Å². The van der Waals surface area contributed by atoms with Gasteiger partial charge in [0, 0.05) is 13.5 Å². The van der Waals surface area contributed by atoms with Gasteiger partial charge in [-0.05, 0) is 12.1 Å². The van der Waals surface area contributed by atoms with Gasteiger partial charge in [-0.1, -0.05) is 18.2 Å². The van der Waals surface area contributed by atoms with Gasteiger partial charge in [-0.3, -0.25) is 4.57 Å². The van der Waals surface area contributed by atoms with Gasteiger partial charge in [-0.25, -0.2) is 0 Å². The maximum absolute atomic E-state index is 11.4. The smallest absolute Gasteiger partial charge is 0.330 e.